The topological polar surface area (TPSA) is 41.4 Å². The summed E-state index contributed by atoms with van der Waals surface area (Å²) in [6.45, 7) is 7.59. The van der Waals surface area contributed by atoms with Crippen LogP contribution in [0.4, 0.5) is 0 Å². The summed E-state index contributed by atoms with van der Waals surface area (Å²) >= 11 is 0. The van der Waals surface area contributed by atoms with Crippen molar-refractivity contribution >= 4 is 5.91 Å². The summed E-state index contributed by atoms with van der Waals surface area (Å²) < 4.78 is 1.73. The van der Waals surface area contributed by atoms with Crippen molar-refractivity contribution in [3.8, 4) is 0 Å². The van der Waals surface area contributed by atoms with Crippen LogP contribution >= 0.6 is 0 Å². The second kappa shape index (κ2) is 7.10. The molecule has 5 heteroatoms. The fourth-order valence-electron chi connectivity index (χ4n) is 5.28. The van der Waals surface area contributed by atoms with E-state index >= 15 is 0 Å². The molecule has 0 spiro atoms. The number of aromatic nitrogens is 2. The Morgan fingerprint density at radius 2 is 1.76 bits per heavy atom. The Kier molecular flexibility index (Phi) is 4.85. The number of carbonyl (C=O) groups excluding carboxylic acids is 1. The van der Waals surface area contributed by atoms with E-state index in [0.29, 0.717) is 11.8 Å². The van der Waals surface area contributed by atoms with Gasteiger partial charge < -0.3 is 9.80 Å². The number of hydrogen-bond donors (Lipinski definition) is 0. The van der Waals surface area contributed by atoms with Crippen LogP contribution in [-0.4, -0.2) is 58.2 Å². The zero-order valence-electron chi connectivity index (χ0n) is 15.8. The first-order valence-corrected chi connectivity index (χ1v) is 10.1. The van der Waals surface area contributed by atoms with E-state index in [2.05, 4.69) is 14.9 Å². The first-order chi connectivity index (χ1) is 12.1. The van der Waals surface area contributed by atoms with Crippen LogP contribution in [0.1, 0.15) is 54.7 Å². The number of hydrogen-bond acceptors (Lipinski definition) is 3. The van der Waals surface area contributed by atoms with E-state index in [9.17, 15) is 4.79 Å². The maximum Gasteiger partial charge on any atom is 0.272 e. The third kappa shape index (κ3) is 3.62. The Bertz CT molecular complexity index is 603. The summed E-state index contributed by atoms with van der Waals surface area (Å²) in [4.78, 5) is 17.7. The van der Waals surface area contributed by atoms with Crippen LogP contribution in [0.25, 0.3) is 0 Å². The van der Waals surface area contributed by atoms with Crippen molar-refractivity contribution in [3.63, 3.8) is 0 Å². The molecule has 0 bridgehead atoms. The highest BCUT2D eigenvalue weighted by Gasteiger charge is 2.38. The third-order valence-corrected chi connectivity index (χ3v) is 6.71. The van der Waals surface area contributed by atoms with E-state index in [1.54, 1.807) is 4.68 Å². The molecule has 0 unspecified atom stereocenters. The maximum absolute atomic E-state index is 12.9. The average molecular weight is 345 g/mol. The quantitative estimate of drug-likeness (QED) is 0.846. The number of nitrogens with zero attached hydrogens (tertiary/aromatic N) is 4. The largest absolute Gasteiger partial charge is 0.337 e. The number of rotatable bonds is 3. The molecule has 5 nitrogen and oxygen atoms in total. The number of fused-ring (bicyclic) bond motifs is 1. The van der Waals surface area contributed by atoms with E-state index in [-0.39, 0.29) is 5.91 Å². The van der Waals surface area contributed by atoms with Gasteiger partial charge in [-0.15, -0.1) is 0 Å². The second-order valence-electron chi connectivity index (χ2n) is 8.55. The molecule has 4 rings (SSSR count). The fraction of sp³-hybridized carbons (Fsp3) is 0.800. The van der Waals surface area contributed by atoms with Crippen molar-refractivity contribution in [3.05, 3.63) is 17.5 Å². The van der Waals surface area contributed by atoms with Gasteiger partial charge in [-0.25, -0.2) is 0 Å². The zero-order valence-corrected chi connectivity index (χ0v) is 15.8. The lowest BCUT2D eigenvalue weighted by molar-refractivity contribution is 0.0769. The van der Waals surface area contributed by atoms with Gasteiger partial charge in [0.25, 0.3) is 5.91 Å². The number of amides is 1. The Hall–Kier alpha value is -1.36. The van der Waals surface area contributed by atoms with Crippen LogP contribution in [0.2, 0.25) is 0 Å². The van der Waals surface area contributed by atoms with Crippen LogP contribution < -0.4 is 0 Å². The fourth-order valence-corrected chi connectivity index (χ4v) is 5.28. The molecule has 1 saturated carbocycles. The summed E-state index contributed by atoms with van der Waals surface area (Å²) in [7, 11) is 1.87. The Labute approximate surface area is 151 Å². The molecule has 3 heterocycles. The van der Waals surface area contributed by atoms with Gasteiger partial charge in [-0.2, -0.15) is 5.10 Å². The predicted octanol–water partition coefficient (Wildman–Crippen LogP) is 2.70. The summed E-state index contributed by atoms with van der Waals surface area (Å²) in [5, 5.41) is 4.33. The molecule has 2 saturated heterocycles. The minimum Gasteiger partial charge on any atom is -0.337 e. The molecule has 0 aromatic carbocycles. The first-order valence-electron chi connectivity index (χ1n) is 10.1. The van der Waals surface area contributed by atoms with E-state index in [0.717, 1.165) is 30.4 Å². The lowest BCUT2D eigenvalue weighted by Gasteiger charge is -2.24. The highest BCUT2D eigenvalue weighted by atomic mass is 16.2. The van der Waals surface area contributed by atoms with E-state index in [1.807, 2.05) is 20.0 Å². The molecule has 0 radical (unpaired) electrons. The average Bonchev–Trinajstić information content (AvgIpc) is 3.28. The van der Waals surface area contributed by atoms with Crippen molar-refractivity contribution in [1.29, 1.82) is 0 Å². The lowest BCUT2D eigenvalue weighted by atomic mass is 9.92. The molecule has 3 fully saturated rings. The van der Waals surface area contributed by atoms with Gasteiger partial charge >= 0.3 is 0 Å². The molecule has 25 heavy (non-hydrogen) atoms. The minimum absolute atomic E-state index is 0.166. The summed E-state index contributed by atoms with van der Waals surface area (Å²) in [5.74, 6) is 2.49. The van der Waals surface area contributed by atoms with Crippen LogP contribution in [-0.2, 0) is 7.05 Å². The monoisotopic (exact) mass is 344 g/mol. The highest BCUT2D eigenvalue weighted by molar-refractivity contribution is 5.92. The SMILES string of the molecule is Cc1cc(C(=O)N2C[C@H]3CCN(CC4CCCC4)CC[C@H]3C2)n(C)n1. The van der Waals surface area contributed by atoms with Gasteiger partial charge in [0.1, 0.15) is 5.69 Å². The van der Waals surface area contributed by atoms with E-state index in [4.69, 9.17) is 0 Å². The van der Waals surface area contributed by atoms with Gasteiger partial charge in [0.2, 0.25) is 0 Å². The summed E-state index contributed by atoms with van der Waals surface area (Å²) in [6, 6.07) is 1.92. The molecule has 1 aromatic rings. The van der Waals surface area contributed by atoms with E-state index in [1.165, 1.54) is 58.2 Å². The molecular formula is C20H32N4O. The van der Waals surface area contributed by atoms with Crippen LogP contribution in [0.5, 0.6) is 0 Å². The van der Waals surface area contributed by atoms with Crippen molar-refractivity contribution in [2.75, 3.05) is 32.7 Å². The van der Waals surface area contributed by atoms with Crippen LogP contribution in [0, 0.1) is 24.7 Å². The smallest absolute Gasteiger partial charge is 0.272 e. The molecule has 1 aromatic heterocycles. The number of likely N-dealkylation sites (tertiary alicyclic amines) is 2. The maximum atomic E-state index is 12.9. The van der Waals surface area contributed by atoms with E-state index < -0.39 is 0 Å². The van der Waals surface area contributed by atoms with Crippen LogP contribution in [0.3, 0.4) is 0 Å². The first kappa shape index (κ1) is 17.1. The van der Waals surface area contributed by atoms with Crippen molar-refractivity contribution < 1.29 is 4.79 Å². The highest BCUT2D eigenvalue weighted by Crippen LogP contribution is 2.34. The summed E-state index contributed by atoms with van der Waals surface area (Å²) in [5.41, 5.74) is 1.65. The van der Waals surface area contributed by atoms with Gasteiger partial charge in [-0.3, -0.25) is 9.48 Å². The summed E-state index contributed by atoms with van der Waals surface area (Å²) in [6.07, 6.45) is 8.27. The molecular weight excluding hydrogens is 312 g/mol. The standard InChI is InChI=1S/C20H32N4O/c1-15-11-19(22(2)21-15)20(25)24-13-17-7-9-23(10-8-18(17)14-24)12-16-5-3-4-6-16/h11,16-18H,3-10,12-14H2,1-2H3/t17-,18+. The Balaban J connectivity index is 1.34. The van der Waals surface area contributed by atoms with Gasteiger partial charge in [0.05, 0.1) is 5.69 Å². The minimum atomic E-state index is 0.166. The number of aryl methyl sites for hydroxylation is 2. The van der Waals surface area contributed by atoms with Gasteiger partial charge in [-0.1, -0.05) is 12.8 Å². The van der Waals surface area contributed by atoms with Crippen molar-refractivity contribution in [2.45, 2.75) is 45.4 Å². The molecule has 0 N–H and O–H groups in total. The second-order valence-corrected chi connectivity index (χ2v) is 8.55. The normalized spacial score (nSPS) is 28.3. The molecule has 2 aliphatic heterocycles. The molecule has 1 amide bonds. The predicted molar refractivity (Wildman–Crippen MR) is 98.5 cm³/mol. The van der Waals surface area contributed by atoms with Crippen LogP contribution in [0.15, 0.2) is 6.07 Å². The van der Waals surface area contributed by atoms with Crippen molar-refractivity contribution in [2.24, 2.45) is 24.8 Å². The molecule has 3 aliphatic rings. The van der Waals surface area contributed by atoms with Crippen molar-refractivity contribution in [1.82, 2.24) is 19.6 Å². The third-order valence-electron chi connectivity index (χ3n) is 6.71. The molecule has 138 valence electrons. The zero-order chi connectivity index (χ0) is 17.4. The Morgan fingerprint density at radius 1 is 1.12 bits per heavy atom. The molecule has 1 aliphatic carbocycles. The number of carbonyl (C=O) groups is 1. The Morgan fingerprint density at radius 3 is 2.32 bits per heavy atom. The van der Waals surface area contributed by atoms with Gasteiger partial charge in [0, 0.05) is 26.7 Å². The molecule has 2 atom stereocenters. The lowest BCUT2D eigenvalue weighted by Crippen LogP contribution is -2.33. The van der Waals surface area contributed by atoms with Gasteiger partial charge in [0.15, 0.2) is 0 Å². The van der Waals surface area contributed by atoms with Gasteiger partial charge in [-0.05, 0) is 69.5 Å².